The number of aromatic nitrogens is 2. The summed E-state index contributed by atoms with van der Waals surface area (Å²) in [7, 11) is 3.07. The average molecular weight is 715 g/mol. The van der Waals surface area contributed by atoms with Gasteiger partial charge in [0.05, 0.1) is 32.0 Å². The van der Waals surface area contributed by atoms with Crippen LogP contribution in [0.3, 0.4) is 0 Å². The zero-order valence-electron chi connectivity index (χ0n) is 27.9. The van der Waals surface area contributed by atoms with E-state index in [-0.39, 0.29) is 35.1 Å². The third-order valence-electron chi connectivity index (χ3n) is 8.61. The highest BCUT2D eigenvalue weighted by molar-refractivity contribution is 8.14. The highest BCUT2D eigenvalue weighted by Crippen LogP contribution is 2.36. The van der Waals surface area contributed by atoms with E-state index in [2.05, 4.69) is 5.32 Å². The first-order chi connectivity index (χ1) is 24.3. The lowest BCUT2D eigenvalue weighted by Gasteiger charge is -2.35. The van der Waals surface area contributed by atoms with Crippen molar-refractivity contribution >= 4 is 69.0 Å². The van der Waals surface area contributed by atoms with Crippen molar-refractivity contribution in [3.05, 3.63) is 83.9 Å². The summed E-state index contributed by atoms with van der Waals surface area (Å²) in [6.07, 6.45) is 0.472. The standard InChI is InChI=1S/C36H38N6O6S2/c1-47-29-20-26-27(21-30(29)48-2)37-36(41-16-14-40(15-17-41)32(44)19-24-9-5-3-6-10-24)39-33(26)38-34(45)28-22-49-23-42(28)31(43)13-18-50-35(46)25-11-7-4-8-12-25/h3-12,20-21,28H,13-19,22-23H2,1-2H3,(H,37,38,39,45). The van der Waals surface area contributed by atoms with Gasteiger partial charge < -0.3 is 29.5 Å². The normalized spacial score (nSPS) is 16.0. The molecule has 1 atom stereocenters. The van der Waals surface area contributed by atoms with Gasteiger partial charge in [0.25, 0.3) is 0 Å². The molecule has 0 spiro atoms. The fraction of sp³-hybridized carbons (Fsp3) is 0.333. The molecule has 260 valence electrons. The summed E-state index contributed by atoms with van der Waals surface area (Å²) in [5.74, 6) is 2.25. The van der Waals surface area contributed by atoms with Crippen molar-refractivity contribution in [2.45, 2.75) is 18.9 Å². The van der Waals surface area contributed by atoms with Crippen LogP contribution in [0, 0.1) is 0 Å². The molecule has 14 heteroatoms. The van der Waals surface area contributed by atoms with Crippen LogP contribution in [0.1, 0.15) is 22.3 Å². The molecule has 2 fully saturated rings. The molecule has 1 N–H and O–H groups in total. The van der Waals surface area contributed by atoms with Crippen molar-refractivity contribution < 1.29 is 28.7 Å². The number of nitrogens with one attached hydrogen (secondary N) is 1. The Hall–Kier alpha value is -4.82. The predicted octanol–water partition coefficient (Wildman–Crippen LogP) is 4.34. The van der Waals surface area contributed by atoms with Gasteiger partial charge >= 0.3 is 0 Å². The van der Waals surface area contributed by atoms with E-state index in [0.29, 0.717) is 83.9 Å². The molecule has 3 amide bonds. The van der Waals surface area contributed by atoms with Crippen LogP contribution in [0.15, 0.2) is 72.8 Å². The van der Waals surface area contributed by atoms with Gasteiger partial charge in [0.1, 0.15) is 11.9 Å². The fourth-order valence-electron chi connectivity index (χ4n) is 5.86. The maximum atomic E-state index is 13.8. The van der Waals surface area contributed by atoms with Crippen LogP contribution in [0.25, 0.3) is 10.9 Å². The monoisotopic (exact) mass is 714 g/mol. The zero-order valence-corrected chi connectivity index (χ0v) is 29.5. The lowest BCUT2D eigenvalue weighted by Crippen LogP contribution is -2.49. The highest BCUT2D eigenvalue weighted by Gasteiger charge is 2.35. The molecule has 2 aliphatic heterocycles. The van der Waals surface area contributed by atoms with Gasteiger partial charge in [0, 0.05) is 61.1 Å². The van der Waals surface area contributed by atoms with E-state index in [1.165, 1.54) is 18.9 Å². The lowest BCUT2D eigenvalue weighted by molar-refractivity contribution is -0.135. The maximum absolute atomic E-state index is 13.8. The molecule has 0 saturated carbocycles. The van der Waals surface area contributed by atoms with E-state index in [0.717, 1.165) is 17.3 Å². The number of fused-ring (bicyclic) bond motifs is 1. The van der Waals surface area contributed by atoms with Crippen LogP contribution in [-0.4, -0.2) is 106 Å². The third-order valence-corrected chi connectivity index (χ3v) is 10.5. The van der Waals surface area contributed by atoms with Gasteiger partial charge in [-0.05, 0) is 11.6 Å². The molecular formula is C36H38N6O6S2. The number of anilines is 2. The smallest absolute Gasteiger partial charge is 0.249 e. The number of carbonyl (C=O) groups excluding carboxylic acids is 4. The molecule has 6 rings (SSSR count). The van der Waals surface area contributed by atoms with Crippen LogP contribution in [0.2, 0.25) is 0 Å². The summed E-state index contributed by atoms with van der Waals surface area (Å²) in [6, 6.07) is 21.4. The summed E-state index contributed by atoms with van der Waals surface area (Å²) >= 11 is 2.59. The van der Waals surface area contributed by atoms with Crippen LogP contribution >= 0.6 is 23.5 Å². The summed E-state index contributed by atoms with van der Waals surface area (Å²) in [5.41, 5.74) is 2.10. The molecule has 3 aromatic carbocycles. The van der Waals surface area contributed by atoms with Gasteiger partial charge in [-0.3, -0.25) is 19.2 Å². The number of nitrogens with zero attached hydrogens (tertiary/aromatic N) is 5. The van der Waals surface area contributed by atoms with Crippen LogP contribution in [0.5, 0.6) is 11.5 Å². The molecule has 1 aromatic heterocycles. The fourth-order valence-corrected chi connectivity index (χ4v) is 7.80. The van der Waals surface area contributed by atoms with E-state index >= 15 is 0 Å². The Morgan fingerprint density at radius 2 is 1.56 bits per heavy atom. The molecule has 0 radical (unpaired) electrons. The number of methoxy groups -OCH3 is 2. The Labute approximate surface area is 298 Å². The molecular weight excluding hydrogens is 677 g/mol. The van der Waals surface area contributed by atoms with Gasteiger partial charge in [-0.15, -0.1) is 11.8 Å². The van der Waals surface area contributed by atoms with E-state index in [4.69, 9.17) is 19.4 Å². The minimum absolute atomic E-state index is 0.0648. The third kappa shape index (κ3) is 8.13. The van der Waals surface area contributed by atoms with E-state index in [1.54, 1.807) is 48.4 Å². The maximum Gasteiger partial charge on any atom is 0.249 e. The molecule has 0 aliphatic carbocycles. The highest BCUT2D eigenvalue weighted by atomic mass is 32.2. The average Bonchev–Trinajstić information content (AvgIpc) is 3.66. The first-order valence-corrected chi connectivity index (χ1v) is 18.4. The number of thioether (sulfide) groups is 2. The second kappa shape index (κ2) is 16.3. The van der Waals surface area contributed by atoms with Crippen molar-refractivity contribution in [1.29, 1.82) is 0 Å². The molecule has 2 aliphatic rings. The summed E-state index contributed by atoms with van der Waals surface area (Å²) in [6.45, 7) is 2.04. The van der Waals surface area contributed by atoms with Crippen LogP contribution < -0.4 is 19.7 Å². The Morgan fingerprint density at radius 1 is 0.880 bits per heavy atom. The van der Waals surface area contributed by atoms with E-state index in [1.807, 2.05) is 46.2 Å². The van der Waals surface area contributed by atoms with Crippen molar-refractivity contribution in [1.82, 2.24) is 19.8 Å². The molecule has 12 nitrogen and oxygen atoms in total. The second-order valence-electron chi connectivity index (χ2n) is 11.7. The number of hydrogen-bond donors (Lipinski definition) is 1. The minimum atomic E-state index is -0.713. The van der Waals surface area contributed by atoms with Crippen molar-refractivity contribution in [3.63, 3.8) is 0 Å². The van der Waals surface area contributed by atoms with Crippen LogP contribution in [-0.2, 0) is 20.8 Å². The Morgan fingerprint density at radius 3 is 2.26 bits per heavy atom. The van der Waals surface area contributed by atoms with Gasteiger partial charge in [0.15, 0.2) is 11.5 Å². The largest absolute Gasteiger partial charge is 0.493 e. The second-order valence-corrected chi connectivity index (χ2v) is 13.8. The van der Waals surface area contributed by atoms with Crippen molar-refractivity contribution in [3.8, 4) is 11.5 Å². The Balaban J connectivity index is 1.16. The van der Waals surface area contributed by atoms with Crippen molar-refractivity contribution in [2.24, 2.45) is 0 Å². The summed E-state index contributed by atoms with van der Waals surface area (Å²) in [5, 5.41) is 3.44. The molecule has 2 saturated heterocycles. The lowest BCUT2D eigenvalue weighted by atomic mass is 10.1. The number of amides is 3. The number of hydrogen-bond acceptors (Lipinski definition) is 11. The predicted molar refractivity (Wildman–Crippen MR) is 196 cm³/mol. The van der Waals surface area contributed by atoms with Gasteiger partial charge in [-0.1, -0.05) is 72.4 Å². The summed E-state index contributed by atoms with van der Waals surface area (Å²) in [4.78, 5) is 67.6. The van der Waals surface area contributed by atoms with E-state index < -0.39 is 6.04 Å². The van der Waals surface area contributed by atoms with Crippen molar-refractivity contribution in [2.75, 3.05) is 68.0 Å². The minimum Gasteiger partial charge on any atom is -0.493 e. The first kappa shape index (κ1) is 35.0. The summed E-state index contributed by atoms with van der Waals surface area (Å²) < 4.78 is 11.1. The quantitative estimate of drug-likeness (QED) is 0.238. The van der Waals surface area contributed by atoms with Crippen LogP contribution in [0.4, 0.5) is 11.8 Å². The number of rotatable bonds is 11. The molecule has 0 bridgehead atoms. The zero-order chi connectivity index (χ0) is 35.0. The molecule has 1 unspecified atom stereocenters. The number of benzene rings is 3. The molecule has 50 heavy (non-hydrogen) atoms. The first-order valence-electron chi connectivity index (χ1n) is 16.2. The van der Waals surface area contributed by atoms with Gasteiger partial charge in [0.2, 0.25) is 28.8 Å². The van der Waals surface area contributed by atoms with Gasteiger partial charge in [-0.25, -0.2) is 4.98 Å². The van der Waals surface area contributed by atoms with Gasteiger partial charge in [-0.2, -0.15) is 4.98 Å². The number of piperazine rings is 1. The molecule has 3 heterocycles. The number of carbonyl (C=O) groups is 4. The topological polar surface area (TPSA) is 134 Å². The Kier molecular flexibility index (Phi) is 11.4. The molecule has 4 aromatic rings. The Bertz CT molecular complexity index is 1860. The number of ether oxygens (including phenoxy) is 2. The van der Waals surface area contributed by atoms with E-state index in [9.17, 15) is 19.2 Å². The SMILES string of the molecule is COc1cc2nc(N3CCN(C(=O)Cc4ccccc4)CC3)nc(NC(=O)C3CSCN3C(=O)CCSC(=O)c3ccccc3)c2cc1OC.